The monoisotopic (exact) mass is 309 g/mol. The summed E-state index contributed by atoms with van der Waals surface area (Å²) in [6.45, 7) is 1.90. The van der Waals surface area contributed by atoms with Crippen LogP contribution < -0.4 is 0 Å². The van der Waals surface area contributed by atoms with Crippen LogP contribution in [-0.2, 0) is 0 Å². The first-order valence-electron chi connectivity index (χ1n) is 6.35. The van der Waals surface area contributed by atoms with Gasteiger partial charge in [-0.1, -0.05) is 48.5 Å². The summed E-state index contributed by atoms with van der Waals surface area (Å²) in [5.41, 5.74) is 2.11. The second-order valence-electron chi connectivity index (χ2n) is 4.86. The molecule has 1 fully saturated rings. The van der Waals surface area contributed by atoms with Crippen molar-refractivity contribution < 1.29 is 4.79 Å². The van der Waals surface area contributed by atoms with Crippen molar-refractivity contribution in [2.24, 2.45) is 0 Å². The van der Waals surface area contributed by atoms with E-state index in [0.29, 0.717) is 29.8 Å². The van der Waals surface area contributed by atoms with Gasteiger partial charge in [0.2, 0.25) is 0 Å². The fourth-order valence-corrected chi connectivity index (χ4v) is 4.54. The van der Waals surface area contributed by atoms with Crippen molar-refractivity contribution >= 4 is 56.2 Å². The van der Waals surface area contributed by atoms with E-state index in [9.17, 15) is 4.79 Å². The second kappa shape index (κ2) is 8.07. The average Bonchev–Trinajstić information content (AvgIpc) is 2.36. The molecule has 1 aromatic carbocycles. The predicted molar refractivity (Wildman–Crippen MR) is 86.5 cm³/mol. The second-order valence-corrected chi connectivity index (χ2v) is 7.21. The minimum absolute atomic E-state index is 0. The Hall–Kier alpha value is 0.497. The molecule has 1 aromatic rings. The number of hydrogen-bond acceptors (Lipinski definition) is 1. The summed E-state index contributed by atoms with van der Waals surface area (Å²) in [6, 6.07) is 3.62. The molecule has 1 atom stereocenters. The van der Waals surface area contributed by atoms with E-state index >= 15 is 0 Å². The van der Waals surface area contributed by atoms with E-state index in [1.165, 1.54) is 32.1 Å². The molecule has 1 radical (unpaired) electrons. The van der Waals surface area contributed by atoms with Gasteiger partial charge >= 0.3 is 0 Å². The molecule has 0 saturated heterocycles. The van der Waals surface area contributed by atoms with Crippen LogP contribution in [0, 0.1) is 6.92 Å². The zero-order chi connectivity index (χ0) is 13.1. The molecule has 0 heterocycles. The fourth-order valence-electron chi connectivity index (χ4n) is 2.37. The third-order valence-electron chi connectivity index (χ3n) is 3.45. The fraction of sp³-hybridized carbons (Fsp3) is 0.500. The Balaban J connectivity index is 0.00000180. The van der Waals surface area contributed by atoms with Crippen LogP contribution in [0.3, 0.4) is 0 Å². The molecule has 0 aromatic heterocycles. The van der Waals surface area contributed by atoms with Crippen LogP contribution in [0.15, 0.2) is 12.1 Å². The number of hydrogen-bond donors (Lipinski definition) is 0. The third-order valence-corrected chi connectivity index (χ3v) is 5.75. The molecule has 1 nitrogen and oxygen atoms in total. The molecular formula is C14H17Cl2LiOP. The van der Waals surface area contributed by atoms with Gasteiger partial charge in [-0.05, 0) is 45.6 Å². The first-order valence-corrected chi connectivity index (χ1v) is 8.18. The Kier molecular flexibility index (Phi) is 7.45. The number of rotatable bonds is 3. The molecule has 0 bridgehead atoms. The smallest absolute Gasteiger partial charge is 0.184 e. The molecule has 0 amide bonds. The summed E-state index contributed by atoms with van der Waals surface area (Å²) < 4.78 is 0. The zero-order valence-corrected chi connectivity index (χ0v) is 13.9. The number of carbonyl (C=O) groups excluding carboxylic acids is 1. The van der Waals surface area contributed by atoms with Crippen molar-refractivity contribution in [2.75, 3.05) is 0 Å². The maximum Gasteiger partial charge on any atom is 0.184 e. The molecule has 0 N–H and O–H groups in total. The molecule has 0 spiro atoms. The van der Waals surface area contributed by atoms with Gasteiger partial charge in [0.15, 0.2) is 5.52 Å². The Morgan fingerprint density at radius 1 is 1.21 bits per heavy atom. The van der Waals surface area contributed by atoms with Gasteiger partial charge in [-0.3, -0.25) is 4.79 Å². The van der Waals surface area contributed by atoms with E-state index < -0.39 is 0 Å². The zero-order valence-electron chi connectivity index (χ0n) is 11.4. The van der Waals surface area contributed by atoms with E-state index in [-0.39, 0.29) is 24.4 Å². The first kappa shape index (κ1) is 17.5. The first-order chi connectivity index (χ1) is 8.59. The third kappa shape index (κ3) is 4.49. The minimum Gasteiger partial charge on any atom is -0.289 e. The standard InChI is InChI=1S/C14H17Cl2OP.Li/c1-9-7-8-11(15)12(13(9)16)14(17)18-10-5-3-2-4-6-10;/h7-8,10,18H,2-6H2,1H3;. The number of halogens is 2. The Labute approximate surface area is 138 Å². The van der Waals surface area contributed by atoms with Crippen molar-refractivity contribution in [3.8, 4) is 0 Å². The SMILES string of the molecule is Cc1ccc(Cl)c(C(=O)PC2CCCCC2)c1Cl.[Li]. The molecule has 1 saturated carbocycles. The van der Waals surface area contributed by atoms with E-state index in [1.54, 1.807) is 6.07 Å². The van der Waals surface area contributed by atoms with Crippen LogP contribution in [0.5, 0.6) is 0 Å². The Morgan fingerprint density at radius 2 is 1.84 bits per heavy atom. The molecule has 1 unspecified atom stereocenters. The van der Waals surface area contributed by atoms with Crippen molar-refractivity contribution in [3.05, 3.63) is 33.3 Å². The number of aryl methyl sites for hydroxylation is 1. The van der Waals surface area contributed by atoms with Crippen molar-refractivity contribution in [2.45, 2.75) is 44.7 Å². The number of carbonyl (C=O) groups is 1. The van der Waals surface area contributed by atoms with E-state index in [4.69, 9.17) is 23.2 Å². The summed E-state index contributed by atoms with van der Waals surface area (Å²) in [5, 5.41) is 1.01. The van der Waals surface area contributed by atoms with Gasteiger partial charge < -0.3 is 0 Å². The van der Waals surface area contributed by atoms with E-state index in [1.807, 2.05) is 13.0 Å². The van der Waals surface area contributed by atoms with Gasteiger partial charge in [-0.25, -0.2) is 0 Å². The maximum absolute atomic E-state index is 12.4. The van der Waals surface area contributed by atoms with Gasteiger partial charge in [-0.15, -0.1) is 0 Å². The molecule has 1 aliphatic carbocycles. The largest absolute Gasteiger partial charge is 0.289 e. The molecule has 0 aliphatic heterocycles. The van der Waals surface area contributed by atoms with Crippen LogP contribution >= 0.6 is 31.8 Å². The van der Waals surface area contributed by atoms with Gasteiger partial charge in [0.05, 0.1) is 15.6 Å². The summed E-state index contributed by atoms with van der Waals surface area (Å²) in [5.74, 6) is 0. The van der Waals surface area contributed by atoms with Gasteiger partial charge in [0.1, 0.15) is 0 Å². The van der Waals surface area contributed by atoms with Gasteiger partial charge in [0.25, 0.3) is 0 Å². The van der Waals surface area contributed by atoms with Crippen LogP contribution in [0.2, 0.25) is 10.0 Å². The average molecular weight is 310 g/mol. The van der Waals surface area contributed by atoms with Crippen molar-refractivity contribution in [3.63, 3.8) is 0 Å². The Morgan fingerprint density at radius 3 is 2.47 bits per heavy atom. The van der Waals surface area contributed by atoms with E-state index in [0.717, 1.165) is 5.56 Å². The van der Waals surface area contributed by atoms with E-state index in [2.05, 4.69) is 0 Å². The molecule has 1 aliphatic rings. The Bertz CT molecular complexity index is 459. The van der Waals surface area contributed by atoms with Crippen LogP contribution in [0.1, 0.15) is 48.0 Å². The molecule has 2 rings (SSSR count). The van der Waals surface area contributed by atoms with Gasteiger partial charge in [0, 0.05) is 18.9 Å². The minimum atomic E-state index is 0. The molecule has 99 valence electrons. The maximum atomic E-state index is 12.4. The molecule has 5 heteroatoms. The summed E-state index contributed by atoms with van der Waals surface area (Å²) in [6.07, 6.45) is 6.15. The quantitative estimate of drug-likeness (QED) is 0.562. The van der Waals surface area contributed by atoms with Crippen LogP contribution in [0.4, 0.5) is 0 Å². The van der Waals surface area contributed by atoms with Crippen molar-refractivity contribution in [1.29, 1.82) is 0 Å². The summed E-state index contributed by atoms with van der Waals surface area (Å²) in [7, 11) is 0.314. The van der Waals surface area contributed by atoms with Crippen LogP contribution in [-0.4, -0.2) is 30.0 Å². The van der Waals surface area contributed by atoms with Crippen molar-refractivity contribution in [1.82, 2.24) is 0 Å². The number of benzene rings is 1. The van der Waals surface area contributed by atoms with Crippen LogP contribution in [0.25, 0.3) is 0 Å². The molecular weight excluding hydrogens is 293 g/mol. The topological polar surface area (TPSA) is 17.1 Å². The normalized spacial score (nSPS) is 16.6. The van der Waals surface area contributed by atoms with Gasteiger partial charge in [-0.2, -0.15) is 0 Å². The summed E-state index contributed by atoms with van der Waals surface area (Å²) >= 11 is 12.3. The summed E-state index contributed by atoms with van der Waals surface area (Å²) in [4.78, 5) is 12.4. The molecule has 19 heavy (non-hydrogen) atoms. The predicted octanol–water partition coefficient (Wildman–Crippen LogP) is 5.07.